The van der Waals surface area contributed by atoms with Crippen molar-refractivity contribution < 1.29 is 19.0 Å². The van der Waals surface area contributed by atoms with Crippen molar-refractivity contribution in [1.29, 1.82) is 0 Å². The quantitative estimate of drug-likeness (QED) is 0.753. The lowest BCUT2D eigenvalue weighted by molar-refractivity contribution is -0.117. The molecule has 0 amide bonds. The van der Waals surface area contributed by atoms with Crippen molar-refractivity contribution in [3.63, 3.8) is 0 Å². The van der Waals surface area contributed by atoms with E-state index in [9.17, 15) is 4.79 Å². The number of methoxy groups -OCH3 is 3. The molecule has 0 spiro atoms. The summed E-state index contributed by atoms with van der Waals surface area (Å²) in [6.07, 6.45) is 0. The van der Waals surface area contributed by atoms with Gasteiger partial charge in [0.05, 0.1) is 27.9 Å². The lowest BCUT2D eigenvalue weighted by Crippen LogP contribution is -2.24. The first kappa shape index (κ1) is 15.3. The number of carbonyl (C=O) groups excluding carboxylic acids is 1. The van der Waals surface area contributed by atoms with Crippen LogP contribution in [-0.2, 0) is 11.3 Å². The van der Waals surface area contributed by atoms with Crippen LogP contribution in [0, 0.1) is 0 Å². The SMILES string of the molecule is COc1cc(OC)c(OC)cc1CN(C)CC(C)=O. The molecule has 0 aliphatic rings. The minimum absolute atomic E-state index is 0.127. The van der Waals surface area contributed by atoms with Gasteiger partial charge in [0.15, 0.2) is 11.5 Å². The maximum atomic E-state index is 11.1. The van der Waals surface area contributed by atoms with Gasteiger partial charge in [-0.05, 0) is 20.0 Å². The number of Topliss-reactive ketones (excluding diaryl/α,β-unsaturated/α-hetero) is 1. The summed E-state index contributed by atoms with van der Waals surface area (Å²) < 4.78 is 15.8. The van der Waals surface area contributed by atoms with E-state index in [1.54, 1.807) is 34.3 Å². The number of ether oxygens (including phenoxy) is 3. The summed E-state index contributed by atoms with van der Waals surface area (Å²) in [7, 11) is 6.67. The maximum Gasteiger partial charge on any atom is 0.164 e. The fourth-order valence-electron chi connectivity index (χ4n) is 1.94. The summed E-state index contributed by atoms with van der Waals surface area (Å²) in [5, 5.41) is 0. The molecule has 0 bridgehead atoms. The van der Waals surface area contributed by atoms with Crippen LogP contribution in [0.15, 0.2) is 12.1 Å². The van der Waals surface area contributed by atoms with Crippen molar-refractivity contribution in [2.45, 2.75) is 13.5 Å². The summed E-state index contributed by atoms with van der Waals surface area (Å²) in [5.41, 5.74) is 0.948. The van der Waals surface area contributed by atoms with Gasteiger partial charge in [0.2, 0.25) is 0 Å². The van der Waals surface area contributed by atoms with Gasteiger partial charge in [-0.15, -0.1) is 0 Å². The zero-order valence-corrected chi connectivity index (χ0v) is 12.1. The standard InChI is InChI=1S/C14H21NO4/c1-10(16)8-15(2)9-11-6-13(18-4)14(19-5)7-12(11)17-3/h6-7H,8-9H2,1-5H3. The highest BCUT2D eigenvalue weighted by atomic mass is 16.5. The van der Waals surface area contributed by atoms with Crippen molar-refractivity contribution in [3.05, 3.63) is 17.7 Å². The molecule has 19 heavy (non-hydrogen) atoms. The van der Waals surface area contributed by atoms with E-state index in [4.69, 9.17) is 14.2 Å². The van der Waals surface area contributed by atoms with E-state index in [1.807, 2.05) is 18.0 Å². The number of ketones is 1. The van der Waals surface area contributed by atoms with Gasteiger partial charge in [-0.3, -0.25) is 9.69 Å². The Hall–Kier alpha value is -1.75. The Morgan fingerprint density at radius 2 is 1.58 bits per heavy atom. The molecule has 0 radical (unpaired) electrons. The van der Waals surface area contributed by atoms with Gasteiger partial charge in [-0.1, -0.05) is 0 Å². The van der Waals surface area contributed by atoms with Crippen LogP contribution in [0.25, 0.3) is 0 Å². The van der Waals surface area contributed by atoms with Crippen LogP contribution in [-0.4, -0.2) is 45.6 Å². The average molecular weight is 267 g/mol. The van der Waals surface area contributed by atoms with Crippen LogP contribution in [0.4, 0.5) is 0 Å². The highest BCUT2D eigenvalue weighted by Crippen LogP contribution is 2.35. The first-order chi connectivity index (χ1) is 9.01. The van der Waals surface area contributed by atoms with Gasteiger partial charge in [-0.2, -0.15) is 0 Å². The molecule has 0 heterocycles. The Morgan fingerprint density at radius 3 is 2.05 bits per heavy atom. The predicted octanol–water partition coefficient (Wildman–Crippen LogP) is 1.73. The van der Waals surface area contributed by atoms with Crippen LogP contribution in [0.2, 0.25) is 0 Å². The fraction of sp³-hybridized carbons (Fsp3) is 0.500. The minimum atomic E-state index is 0.127. The molecule has 5 heteroatoms. The Kier molecular flexibility index (Phi) is 5.63. The summed E-state index contributed by atoms with van der Waals surface area (Å²) in [5.74, 6) is 2.11. The fourth-order valence-corrected chi connectivity index (χ4v) is 1.94. The lowest BCUT2D eigenvalue weighted by atomic mass is 10.1. The molecule has 0 unspecified atom stereocenters. The summed E-state index contributed by atoms with van der Waals surface area (Å²) in [4.78, 5) is 13.0. The van der Waals surface area contributed by atoms with Gasteiger partial charge in [0.25, 0.3) is 0 Å². The van der Waals surface area contributed by atoms with Crippen LogP contribution >= 0.6 is 0 Å². The van der Waals surface area contributed by atoms with E-state index in [-0.39, 0.29) is 5.78 Å². The third-order valence-corrected chi connectivity index (χ3v) is 2.72. The van der Waals surface area contributed by atoms with Crippen molar-refractivity contribution in [1.82, 2.24) is 4.90 Å². The van der Waals surface area contributed by atoms with Crippen molar-refractivity contribution in [2.24, 2.45) is 0 Å². The number of hydrogen-bond donors (Lipinski definition) is 0. The molecule has 1 aromatic rings. The molecule has 1 rings (SSSR count). The molecule has 5 nitrogen and oxygen atoms in total. The van der Waals surface area contributed by atoms with Gasteiger partial charge in [0, 0.05) is 18.2 Å². The predicted molar refractivity (Wildman–Crippen MR) is 73.1 cm³/mol. The molecule has 0 aromatic heterocycles. The molecule has 0 atom stereocenters. The van der Waals surface area contributed by atoms with Gasteiger partial charge >= 0.3 is 0 Å². The maximum absolute atomic E-state index is 11.1. The molecule has 106 valence electrons. The first-order valence-corrected chi connectivity index (χ1v) is 5.98. The largest absolute Gasteiger partial charge is 0.496 e. The topological polar surface area (TPSA) is 48.0 Å². The van der Waals surface area contributed by atoms with Crippen molar-refractivity contribution >= 4 is 5.78 Å². The van der Waals surface area contributed by atoms with E-state index in [0.717, 1.165) is 5.56 Å². The number of likely N-dealkylation sites (N-methyl/N-ethyl adjacent to an activating group) is 1. The van der Waals surface area contributed by atoms with Crippen LogP contribution in [0.1, 0.15) is 12.5 Å². The second-order valence-electron chi connectivity index (χ2n) is 4.39. The molecular formula is C14H21NO4. The van der Waals surface area contributed by atoms with E-state index < -0.39 is 0 Å². The Bertz CT molecular complexity index is 445. The third kappa shape index (κ3) is 4.13. The minimum Gasteiger partial charge on any atom is -0.496 e. The van der Waals surface area contributed by atoms with Crippen LogP contribution in [0.5, 0.6) is 17.2 Å². The normalized spacial score (nSPS) is 10.4. The molecule has 1 aromatic carbocycles. The zero-order valence-electron chi connectivity index (χ0n) is 12.1. The average Bonchev–Trinajstić information content (AvgIpc) is 2.37. The Morgan fingerprint density at radius 1 is 1.05 bits per heavy atom. The Labute approximate surface area is 114 Å². The monoisotopic (exact) mass is 267 g/mol. The lowest BCUT2D eigenvalue weighted by Gasteiger charge is -2.19. The summed E-state index contributed by atoms with van der Waals surface area (Å²) >= 11 is 0. The number of hydrogen-bond acceptors (Lipinski definition) is 5. The first-order valence-electron chi connectivity index (χ1n) is 5.98. The Balaban J connectivity index is 3.01. The molecule has 0 N–H and O–H groups in total. The number of rotatable bonds is 7. The van der Waals surface area contributed by atoms with Gasteiger partial charge < -0.3 is 14.2 Å². The molecule has 0 saturated heterocycles. The second kappa shape index (κ2) is 6.99. The molecule has 0 fully saturated rings. The summed E-state index contributed by atoms with van der Waals surface area (Å²) in [6.45, 7) is 2.57. The van der Waals surface area contributed by atoms with Crippen molar-refractivity contribution in [3.8, 4) is 17.2 Å². The van der Waals surface area contributed by atoms with Crippen LogP contribution < -0.4 is 14.2 Å². The van der Waals surface area contributed by atoms with E-state index >= 15 is 0 Å². The zero-order chi connectivity index (χ0) is 14.4. The number of nitrogens with zero attached hydrogens (tertiary/aromatic N) is 1. The highest BCUT2D eigenvalue weighted by Gasteiger charge is 2.13. The second-order valence-corrected chi connectivity index (χ2v) is 4.39. The van der Waals surface area contributed by atoms with E-state index in [0.29, 0.717) is 30.3 Å². The number of carbonyl (C=O) groups is 1. The van der Waals surface area contributed by atoms with Gasteiger partial charge in [0.1, 0.15) is 11.5 Å². The smallest absolute Gasteiger partial charge is 0.164 e. The molecule has 0 aliphatic carbocycles. The molecular weight excluding hydrogens is 246 g/mol. The van der Waals surface area contributed by atoms with Gasteiger partial charge in [-0.25, -0.2) is 0 Å². The number of benzene rings is 1. The molecule has 0 aliphatic heterocycles. The van der Waals surface area contributed by atoms with E-state index in [1.165, 1.54) is 0 Å². The van der Waals surface area contributed by atoms with Crippen molar-refractivity contribution in [2.75, 3.05) is 34.9 Å². The molecule has 0 saturated carbocycles. The highest BCUT2D eigenvalue weighted by molar-refractivity contribution is 5.77. The third-order valence-electron chi connectivity index (χ3n) is 2.72. The summed E-state index contributed by atoms with van der Waals surface area (Å²) in [6, 6.07) is 3.66. The van der Waals surface area contributed by atoms with Crippen LogP contribution in [0.3, 0.4) is 0 Å². The van der Waals surface area contributed by atoms with E-state index in [2.05, 4.69) is 0 Å².